The highest BCUT2D eigenvalue weighted by Gasteiger charge is 2.38. The van der Waals surface area contributed by atoms with Gasteiger partial charge < -0.3 is 15.5 Å². The number of amides is 1. The zero-order valence-corrected chi connectivity index (χ0v) is 17.2. The zero-order valence-electron chi connectivity index (χ0n) is 14.8. The Labute approximate surface area is 162 Å². The molecule has 2 N–H and O–H groups in total. The Bertz CT molecular complexity index is 541. The van der Waals surface area contributed by atoms with E-state index in [1.807, 2.05) is 6.92 Å². The predicted molar refractivity (Wildman–Crippen MR) is 110 cm³/mol. The van der Waals surface area contributed by atoms with Gasteiger partial charge in [-0.3, -0.25) is 4.79 Å². The van der Waals surface area contributed by atoms with E-state index in [0.29, 0.717) is 5.96 Å². The number of halogens is 1. The van der Waals surface area contributed by atoms with E-state index in [2.05, 4.69) is 46.0 Å². The fourth-order valence-corrected chi connectivity index (χ4v) is 2.85. The van der Waals surface area contributed by atoms with Gasteiger partial charge in [-0.1, -0.05) is 36.8 Å². The lowest BCUT2D eigenvalue weighted by Crippen LogP contribution is -2.49. The number of carbonyl (C=O) groups excluding carboxylic acids is 1. The third-order valence-corrected chi connectivity index (χ3v) is 4.51. The topological polar surface area (TPSA) is 56.7 Å². The Morgan fingerprint density at radius 3 is 2.38 bits per heavy atom. The number of carbonyl (C=O) groups is 1. The molecule has 5 nitrogen and oxygen atoms in total. The highest BCUT2D eigenvalue weighted by atomic mass is 127. The molecule has 6 heteroatoms. The first-order chi connectivity index (χ1) is 11.1. The van der Waals surface area contributed by atoms with Crippen LogP contribution in [0.2, 0.25) is 0 Å². The summed E-state index contributed by atoms with van der Waals surface area (Å²) in [5, 5.41) is 6.64. The molecule has 0 atom stereocenters. The molecule has 0 aromatic heterocycles. The summed E-state index contributed by atoms with van der Waals surface area (Å²) in [5.41, 5.74) is 1.59. The molecule has 0 unspecified atom stereocenters. The van der Waals surface area contributed by atoms with Crippen molar-refractivity contribution in [2.75, 3.05) is 33.7 Å². The SMILES string of the molecule is CCNC(=NCC(=O)N(C)C)NCC1(c2ccccc2)CCC1.I. The summed E-state index contributed by atoms with van der Waals surface area (Å²) in [6.45, 7) is 3.82. The van der Waals surface area contributed by atoms with Gasteiger partial charge in [0.1, 0.15) is 6.54 Å². The molecule has 0 spiro atoms. The average molecular weight is 444 g/mol. The second-order valence-electron chi connectivity index (χ2n) is 6.34. The van der Waals surface area contributed by atoms with E-state index in [1.54, 1.807) is 19.0 Å². The van der Waals surface area contributed by atoms with Crippen LogP contribution in [0, 0.1) is 0 Å². The summed E-state index contributed by atoms with van der Waals surface area (Å²) in [6, 6.07) is 10.7. The smallest absolute Gasteiger partial charge is 0.243 e. The van der Waals surface area contributed by atoms with Gasteiger partial charge >= 0.3 is 0 Å². The lowest BCUT2D eigenvalue weighted by atomic mass is 9.64. The van der Waals surface area contributed by atoms with E-state index < -0.39 is 0 Å². The van der Waals surface area contributed by atoms with Gasteiger partial charge in [-0.15, -0.1) is 24.0 Å². The molecule has 0 saturated heterocycles. The van der Waals surface area contributed by atoms with Crippen molar-refractivity contribution < 1.29 is 4.79 Å². The highest BCUT2D eigenvalue weighted by Crippen LogP contribution is 2.43. The van der Waals surface area contributed by atoms with Gasteiger partial charge in [0.25, 0.3) is 0 Å². The Morgan fingerprint density at radius 1 is 1.21 bits per heavy atom. The maximum absolute atomic E-state index is 11.7. The molecule has 0 bridgehead atoms. The van der Waals surface area contributed by atoms with Gasteiger partial charge in [-0.05, 0) is 25.3 Å². The molecule has 1 aromatic rings. The van der Waals surface area contributed by atoms with Crippen molar-refractivity contribution in [2.24, 2.45) is 4.99 Å². The van der Waals surface area contributed by atoms with Crippen LogP contribution in [0.4, 0.5) is 0 Å². The minimum absolute atomic E-state index is 0. The molecule has 134 valence electrons. The molecule has 24 heavy (non-hydrogen) atoms. The number of hydrogen-bond donors (Lipinski definition) is 2. The number of guanidine groups is 1. The third-order valence-electron chi connectivity index (χ3n) is 4.51. The molecule has 1 aliphatic rings. The Hall–Kier alpha value is -1.31. The molecular weight excluding hydrogens is 415 g/mol. The van der Waals surface area contributed by atoms with Crippen molar-refractivity contribution in [2.45, 2.75) is 31.6 Å². The molecule has 1 aromatic carbocycles. The lowest BCUT2D eigenvalue weighted by Gasteiger charge is -2.43. The number of nitrogens with zero attached hydrogens (tertiary/aromatic N) is 2. The predicted octanol–water partition coefficient (Wildman–Crippen LogP) is 2.37. The van der Waals surface area contributed by atoms with Gasteiger partial charge in [0, 0.05) is 32.6 Å². The fourth-order valence-electron chi connectivity index (χ4n) is 2.85. The number of hydrogen-bond acceptors (Lipinski definition) is 2. The van der Waals surface area contributed by atoms with Gasteiger partial charge in [0.2, 0.25) is 5.91 Å². The molecule has 0 aliphatic heterocycles. The second-order valence-corrected chi connectivity index (χ2v) is 6.34. The first-order valence-electron chi connectivity index (χ1n) is 8.35. The fraction of sp³-hybridized carbons (Fsp3) is 0.556. The van der Waals surface area contributed by atoms with E-state index >= 15 is 0 Å². The summed E-state index contributed by atoms with van der Waals surface area (Å²) >= 11 is 0. The Morgan fingerprint density at radius 2 is 1.88 bits per heavy atom. The zero-order chi connectivity index (χ0) is 16.7. The van der Waals surface area contributed by atoms with E-state index in [4.69, 9.17) is 0 Å². The normalized spacial score (nSPS) is 15.7. The van der Waals surface area contributed by atoms with Crippen LogP contribution in [-0.4, -0.2) is 50.5 Å². The maximum Gasteiger partial charge on any atom is 0.243 e. The average Bonchev–Trinajstić information content (AvgIpc) is 2.52. The molecule has 1 amide bonds. The summed E-state index contributed by atoms with van der Waals surface area (Å²) in [7, 11) is 3.49. The number of rotatable bonds is 6. The Balaban J connectivity index is 0.00000288. The number of benzene rings is 1. The number of nitrogens with one attached hydrogen (secondary N) is 2. The monoisotopic (exact) mass is 444 g/mol. The van der Waals surface area contributed by atoms with Crippen molar-refractivity contribution in [3.63, 3.8) is 0 Å². The minimum Gasteiger partial charge on any atom is -0.357 e. The van der Waals surface area contributed by atoms with Gasteiger partial charge in [0.15, 0.2) is 5.96 Å². The molecule has 1 aliphatic carbocycles. The summed E-state index contributed by atoms with van der Waals surface area (Å²) in [5.74, 6) is 0.716. The van der Waals surface area contributed by atoms with Crippen molar-refractivity contribution in [1.82, 2.24) is 15.5 Å². The van der Waals surface area contributed by atoms with Crippen LogP contribution in [0.1, 0.15) is 31.7 Å². The van der Waals surface area contributed by atoms with Crippen molar-refractivity contribution in [1.29, 1.82) is 0 Å². The first-order valence-corrected chi connectivity index (χ1v) is 8.35. The maximum atomic E-state index is 11.7. The van der Waals surface area contributed by atoms with Gasteiger partial charge in [-0.25, -0.2) is 4.99 Å². The highest BCUT2D eigenvalue weighted by molar-refractivity contribution is 14.0. The second kappa shape index (κ2) is 9.86. The third kappa shape index (κ3) is 5.36. The summed E-state index contributed by atoms with van der Waals surface area (Å²) in [4.78, 5) is 17.7. The molecule has 1 fully saturated rings. The largest absolute Gasteiger partial charge is 0.357 e. The Kier molecular flexibility index (Phi) is 8.52. The number of likely N-dealkylation sites (N-methyl/N-ethyl adjacent to an activating group) is 1. The van der Waals surface area contributed by atoms with Gasteiger partial charge in [-0.2, -0.15) is 0 Å². The van der Waals surface area contributed by atoms with Crippen molar-refractivity contribution in [3.05, 3.63) is 35.9 Å². The quantitative estimate of drug-likeness (QED) is 0.403. The van der Waals surface area contributed by atoms with Crippen LogP contribution in [0.25, 0.3) is 0 Å². The van der Waals surface area contributed by atoms with E-state index in [9.17, 15) is 4.79 Å². The first kappa shape index (κ1) is 20.7. The van der Waals surface area contributed by atoms with Crippen molar-refractivity contribution in [3.8, 4) is 0 Å². The van der Waals surface area contributed by atoms with E-state index in [0.717, 1.165) is 13.1 Å². The lowest BCUT2D eigenvalue weighted by molar-refractivity contribution is -0.127. The van der Waals surface area contributed by atoms with Gasteiger partial charge in [0.05, 0.1) is 0 Å². The molecule has 2 rings (SSSR count). The molecular formula is C18H29IN4O. The summed E-state index contributed by atoms with van der Waals surface area (Å²) < 4.78 is 0. The standard InChI is InChI=1S/C18H28N4O.HI/c1-4-19-17(20-13-16(23)22(2)3)21-14-18(11-8-12-18)15-9-6-5-7-10-15;/h5-7,9-10H,4,8,11-14H2,1-3H3,(H2,19,20,21);1H. The van der Waals surface area contributed by atoms with Crippen LogP contribution in [0.5, 0.6) is 0 Å². The minimum atomic E-state index is 0. The van der Waals surface area contributed by atoms with Crippen LogP contribution in [-0.2, 0) is 10.2 Å². The van der Waals surface area contributed by atoms with E-state index in [-0.39, 0.29) is 41.8 Å². The van der Waals surface area contributed by atoms with E-state index in [1.165, 1.54) is 24.8 Å². The molecule has 0 heterocycles. The van der Waals surface area contributed by atoms with Crippen LogP contribution in [0.3, 0.4) is 0 Å². The number of aliphatic imine (C=N–C) groups is 1. The van der Waals surface area contributed by atoms with Crippen LogP contribution < -0.4 is 10.6 Å². The van der Waals surface area contributed by atoms with Crippen LogP contribution in [0.15, 0.2) is 35.3 Å². The van der Waals surface area contributed by atoms with Crippen LogP contribution >= 0.6 is 24.0 Å². The summed E-state index contributed by atoms with van der Waals surface area (Å²) in [6.07, 6.45) is 3.66. The molecule has 0 radical (unpaired) electrons. The van der Waals surface area contributed by atoms with Crippen molar-refractivity contribution >= 4 is 35.8 Å². The molecule has 1 saturated carbocycles.